The number of nitrogens with one attached hydrogen (secondary N) is 2. The van der Waals surface area contributed by atoms with Gasteiger partial charge in [0, 0.05) is 24.8 Å². The zero-order valence-corrected chi connectivity index (χ0v) is 11.2. The van der Waals surface area contributed by atoms with Gasteiger partial charge in [-0.25, -0.2) is 0 Å². The van der Waals surface area contributed by atoms with Crippen LogP contribution < -0.4 is 10.6 Å². The Morgan fingerprint density at radius 2 is 2.26 bits per heavy atom. The lowest BCUT2D eigenvalue weighted by Crippen LogP contribution is -2.47. The summed E-state index contributed by atoms with van der Waals surface area (Å²) in [6, 6.07) is 8.23. The van der Waals surface area contributed by atoms with E-state index in [-0.39, 0.29) is 24.1 Å². The Kier molecular flexibility index (Phi) is 3.42. The van der Waals surface area contributed by atoms with Crippen LogP contribution in [0.2, 0.25) is 0 Å². The van der Waals surface area contributed by atoms with Crippen LogP contribution in [0.25, 0.3) is 0 Å². The van der Waals surface area contributed by atoms with Gasteiger partial charge in [0.25, 0.3) is 0 Å². The van der Waals surface area contributed by atoms with E-state index in [1.165, 1.54) is 5.56 Å². The Morgan fingerprint density at radius 3 is 3.05 bits per heavy atom. The van der Waals surface area contributed by atoms with Gasteiger partial charge in [0.05, 0.1) is 6.10 Å². The summed E-state index contributed by atoms with van der Waals surface area (Å²) in [5, 5.41) is 6.44. The fraction of sp³-hybridized carbons (Fsp3) is 0.533. The van der Waals surface area contributed by atoms with E-state index in [0.717, 1.165) is 31.6 Å². The van der Waals surface area contributed by atoms with Gasteiger partial charge in [-0.1, -0.05) is 18.2 Å². The van der Waals surface area contributed by atoms with Gasteiger partial charge in [-0.2, -0.15) is 0 Å². The predicted molar refractivity (Wildman–Crippen MR) is 74.1 cm³/mol. The molecule has 0 radical (unpaired) electrons. The van der Waals surface area contributed by atoms with Gasteiger partial charge < -0.3 is 15.4 Å². The van der Waals surface area contributed by atoms with Crippen LogP contribution >= 0.6 is 0 Å². The second-order valence-corrected chi connectivity index (χ2v) is 5.47. The van der Waals surface area contributed by atoms with E-state index in [1.54, 1.807) is 0 Å². The number of anilines is 1. The lowest BCUT2D eigenvalue weighted by Gasteiger charge is -2.28. The van der Waals surface area contributed by atoms with Crippen molar-refractivity contribution in [1.29, 1.82) is 0 Å². The highest BCUT2D eigenvalue weighted by molar-refractivity contribution is 5.87. The number of benzene rings is 1. The topological polar surface area (TPSA) is 50.4 Å². The number of ether oxygens (including phenoxy) is 1. The highest BCUT2D eigenvalue weighted by atomic mass is 16.5. The van der Waals surface area contributed by atoms with Crippen molar-refractivity contribution >= 4 is 11.6 Å². The molecule has 0 saturated carbocycles. The lowest BCUT2D eigenvalue weighted by molar-refractivity contribution is -0.123. The first-order chi connectivity index (χ1) is 9.22. The van der Waals surface area contributed by atoms with Crippen LogP contribution in [-0.2, 0) is 16.0 Å². The fourth-order valence-corrected chi connectivity index (χ4v) is 2.89. The van der Waals surface area contributed by atoms with Crippen molar-refractivity contribution in [2.24, 2.45) is 0 Å². The smallest absolute Gasteiger partial charge is 0.243 e. The number of carbonyl (C=O) groups is 1. The highest BCUT2D eigenvalue weighted by Crippen LogP contribution is 2.25. The molecule has 1 fully saturated rings. The summed E-state index contributed by atoms with van der Waals surface area (Å²) < 4.78 is 5.50. The minimum Gasteiger partial charge on any atom is -0.378 e. The van der Waals surface area contributed by atoms with Gasteiger partial charge in [0.15, 0.2) is 0 Å². The fourth-order valence-electron chi connectivity index (χ4n) is 2.89. The lowest BCUT2D eigenvalue weighted by atomic mass is 10.0. The molecule has 2 aliphatic heterocycles. The summed E-state index contributed by atoms with van der Waals surface area (Å²) >= 11 is 0. The molecule has 0 spiro atoms. The first-order valence-corrected chi connectivity index (χ1v) is 6.99. The molecule has 1 aromatic carbocycles. The molecule has 0 aliphatic carbocycles. The maximum Gasteiger partial charge on any atom is 0.243 e. The van der Waals surface area contributed by atoms with E-state index in [2.05, 4.69) is 23.6 Å². The number of amides is 1. The first kappa shape index (κ1) is 12.5. The predicted octanol–water partition coefficient (Wildman–Crippen LogP) is 1.71. The molecule has 2 unspecified atom stereocenters. The second kappa shape index (κ2) is 5.21. The average molecular weight is 260 g/mol. The zero-order chi connectivity index (χ0) is 13.2. The van der Waals surface area contributed by atoms with E-state index in [4.69, 9.17) is 4.74 Å². The molecule has 0 aromatic heterocycles. The molecule has 1 amide bonds. The molecule has 102 valence electrons. The summed E-state index contributed by atoms with van der Waals surface area (Å²) in [6.07, 6.45) is 2.84. The summed E-state index contributed by atoms with van der Waals surface area (Å²) in [7, 11) is 0. The van der Waals surface area contributed by atoms with E-state index >= 15 is 0 Å². The first-order valence-electron chi connectivity index (χ1n) is 6.99. The molecule has 2 heterocycles. The number of carbonyl (C=O) groups excluding carboxylic acids is 1. The van der Waals surface area contributed by atoms with E-state index in [1.807, 2.05) is 18.2 Å². The standard InChI is InChI=1S/C15H20N2O2/c1-10-8-12(6-7-19-10)16-15(18)14-9-11-4-2-3-5-13(11)17-14/h2-5,10,12,14,17H,6-9H2,1H3,(H,16,18)/t10?,12?,14-/m0/s1. The van der Waals surface area contributed by atoms with Crippen LogP contribution in [0.15, 0.2) is 24.3 Å². The van der Waals surface area contributed by atoms with Gasteiger partial charge in [0.1, 0.15) is 6.04 Å². The van der Waals surface area contributed by atoms with Crippen molar-refractivity contribution in [3.8, 4) is 0 Å². The van der Waals surface area contributed by atoms with Gasteiger partial charge >= 0.3 is 0 Å². The third-order valence-electron chi connectivity index (χ3n) is 3.92. The Balaban J connectivity index is 1.58. The SMILES string of the molecule is CC1CC(NC(=O)[C@@H]2Cc3ccccc3N2)CCO1. The molecule has 19 heavy (non-hydrogen) atoms. The molecule has 0 bridgehead atoms. The normalized spacial score (nSPS) is 29.4. The van der Waals surface area contributed by atoms with Crippen LogP contribution in [0, 0.1) is 0 Å². The van der Waals surface area contributed by atoms with Crippen molar-refractivity contribution in [2.45, 2.75) is 44.4 Å². The molecule has 2 N–H and O–H groups in total. The number of para-hydroxylation sites is 1. The summed E-state index contributed by atoms with van der Waals surface area (Å²) in [5.74, 6) is 0.107. The van der Waals surface area contributed by atoms with E-state index < -0.39 is 0 Å². The van der Waals surface area contributed by atoms with Crippen LogP contribution in [0.4, 0.5) is 5.69 Å². The number of rotatable bonds is 2. The Hall–Kier alpha value is -1.55. The molecule has 4 heteroatoms. The van der Waals surface area contributed by atoms with Crippen molar-refractivity contribution in [1.82, 2.24) is 5.32 Å². The van der Waals surface area contributed by atoms with Crippen LogP contribution in [-0.4, -0.2) is 30.7 Å². The van der Waals surface area contributed by atoms with Crippen LogP contribution in [0.3, 0.4) is 0 Å². The summed E-state index contributed by atoms with van der Waals surface area (Å²) in [4.78, 5) is 12.3. The van der Waals surface area contributed by atoms with Crippen LogP contribution in [0.5, 0.6) is 0 Å². The van der Waals surface area contributed by atoms with Crippen molar-refractivity contribution < 1.29 is 9.53 Å². The van der Waals surface area contributed by atoms with Gasteiger partial charge in [-0.15, -0.1) is 0 Å². The monoisotopic (exact) mass is 260 g/mol. The molecular formula is C15H20N2O2. The highest BCUT2D eigenvalue weighted by Gasteiger charge is 2.29. The third kappa shape index (κ3) is 2.73. The minimum absolute atomic E-state index is 0.107. The Bertz CT molecular complexity index is 450. The second-order valence-electron chi connectivity index (χ2n) is 5.47. The van der Waals surface area contributed by atoms with Crippen molar-refractivity contribution in [3.63, 3.8) is 0 Å². The molecule has 1 saturated heterocycles. The molecule has 2 aliphatic rings. The molecule has 3 atom stereocenters. The number of fused-ring (bicyclic) bond motifs is 1. The maximum atomic E-state index is 12.3. The molecule has 4 nitrogen and oxygen atoms in total. The summed E-state index contributed by atoms with van der Waals surface area (Å²) in [6.45, 7) is 2.80. The minimum atomic E-state index is -0.129. The molecule has 3 rings (SSSR count). The van der Waals surface area contributed by atoms with E-state index in [9.17, 15) is 4.79 Å². The maximum absolute atomic E-state index is 12.3. The van der Waals surface area contributed by atoms with E-state index in [0.29, 0.717) is 0 Å². The van der Waals surface area contributed by atoms with Crippen LogP contribution in [0.1, 0.15) is 25.3 Å². The molecule has 1 aromatic rings. The third-order valence-corrected chi connectivity index (χ3v) is 3.92. The van der Waals surface area contributed by atoms with Gasteiger partial charge in [0.2, 0.25) is 5.91 Å². The van der Waals surface area contributed by atoms with Gasteiger partial charge in [-0.05, 0) is 31.4 Å². The Morgan fingerprint density at radius 1 is 1.42 bits per heavy atom. The quantitative estimate of drug-likeness (QED) is 0.851. The van der Waals surface area contributed by atoms with Gasteiger partial charge in [-0.3, -0.25) is 4.79 Å². The zero-order valence-electron chi connectivity index (χ0n) is 11.2. The average Bonchev–Trinajstić information content (AvgIpc) is 2.82. The van der Waals surface area contributed by atoms with Crippen molar-refractivity contribution in [3.05, 3.63) is 29.8 Å². The molecular weight excluding hydrogens is 240 g/mol. The summed E-state index contributed by atoms with van der Waals surface area (Å²) in [5.41, 5.74) is 2.31. The van der Waals surface area contributed by atoms with Crippen molar-refractivity contribution in [2.75, 3.05) is 11.9 Å². The largest absolute Gasteiger partial charge is 0.378 e. The number of hydrogen-bond donors (Lipinski definition) is 2. The number of hydrogen-bond acceptors (Lipinski definition) is 3. The Labute approximate surface area is 113 Å².